The van der Waals surface area contributed by atoms with Crippen LogP contribution in [0.25, 0.3) is 0 Å². The number of benzene rings is 1. The average Bonchev–Trinajstić information content (AvgIpc) is 3.11. The molecule has 2 aromatic rings. The van der Waals surface area contributed by atoms with Gasteiger partial charge in [0.05, 0.1) is 17.9 Å². The molecule has 0 aliphatic heterocycles. The molecule has 1 heterocycles. The molecule has 1 aliphatic rings. The Kier molecular flexibility index (Phi) is 8.74. The quantitative estimate of drug-likeness (QED) is 0.311. The van der Waals surface area contributed by atoms with Crippen LogP contribution in [-0.4, -0.2) is 29.3 Å². The Morgan fingerprint density at radius 1 is 1.16 bits per heavy atom. The van der Waals surface area contributed by atoms with Crippen LogP contribution in [0.4, 0.5) is 5.00 Å². The third-order valence-corrected chi connectivity index (χ3v) is 7.23. The fourth-order valence-electron chi connectivity index (χ4n) is 3.32. The van der Waals surface area contributed by atoms with Gasteiger partial charge in [0.25, 0.3) is 0 Å². The van der Waals surface area contributed by atoms with E-state index in [2.05, 4.69) is 40.4 Å². The molecule has 0 spiro atoms. The highest BCUT2D eigenvalue weighted by Gasteiger charge is 2.26. The van der Waals surface area contributed by atoms with Gasteiger partial charge in [0.15, 0.2) is 5.11 Å². The summed E-state index contributed by atoms with van der Waals surface area (Å²) in [4.78, 5) is 25.8. The molecule has 3 N–H and O–H groups in total. The lowest BCUT2D eigenvalue weighted by molar-refractivity contribution is -0.119. The molecule has 166 valence electrons. The number of anilines is 1. The molecule has 0 unspecified atom stereocenters. The molecule has 1 amide bonds. The number of carbonyl (C=O) groups is 2. The predicted molar refractivity (Wildman–Crippen MR) is 132 cm³/mol. The van der Waals surface area contributed by atoms with Crippen molar-refractivity contribution in [2.75, 3.05) is 17.7 Å². The Bertz CT molecular complexity index is 941. The second-order valence-electron chi connectivity index (χ2n) is 7.24. The van der Waals surface area contributed by atoms with E-state index in [-0.39, 0.29) is 17.0 Å². The van der Waals surface area contributed by atoms with Gasteiger partial charge in [-0.3, -0.25) is 15.6 Å². The van der Waals surface area contributed by atoms with Gasteiger partial charge < -0.3 is 10.1 Å². The summed E-state index contributed by atoms with van der Waals surface area (Å²) in [5.74, 6) is 0.575. The lowest BCUT2D eigenvalue weighted by Gasteiger charge is -2.13. The van der Waals surface area contributed by atoms with Crippen LogP contribution < -0.4 is 16.2 Å². The van der Waals surface area contributed by atoms with E-state index in [4.69, 9.17) is 17.0 Å². The number of thiophene rings is 1. The molecule has 0 bridgehead atoms. The van der Waals surface area contributed by atoms with Gasteiger partial charge in [-0.2, -0.15) is 0 Å². The summed E-state index contributed by atoms with van der Waals surface area (Å²) in [6, 6.07) is 8.27. The smallest absolute Gasteiger partial charge is 0.341 e. The van der Waals surface area contributed by atoms with Crippen LogP contribution in [0.15, 0.2) is 24.3 Å². The van der Waals surface area contributed by atoms with Crippen LogP contribution in [0.3, 0.4) is 0 Å². The number of esters is 1. The number of hydrogen-bond acceptors (Lipinski definition) is 6. The Balaban J connectivity index is 1.50. The van der Waals surface area contributed by atoms with E-state index >= 15 is 0 Å². The minimum absolute atomic E-state index is 0.169. The molecule has 1 aromatic heterocycles. The molecule has 0 atom stereocenters. The van der Waals surface area contributed by atoms with E-state index < -0.39 is 0 Å². The van der Waals surface area contributed by atoms with Crippen molar-refractivity contribution < 1.29 is 14.3 Å². The van der Waals surface area contributed by atoms with Crippen molar-refractivity contribution in [2.45, 2.75) is 45.3 Å². The van der Waals surface area contributed by atoms with Gasteiger partial charge in [0.1, 0.15) is 5.00 Å². The molecule has 0 saturated heterocycles. The first-order valence-corrected chi connectivity index (χ1v) is 12.7. The minimum atomic E-state index is -0.330. The molecular weight excluding hydrogens is 450 g/mol. The summed E-state index contributed by atoms with van der Waals surface area (Å²) in [5, 5.41) is 3.98. The zero-order valence-corrected chi connectivity index (χ0v) is 20.2. The van der Waals surface area contributed by atoms with E-state index in [0.29, 0.717) is 22.9 Å². The molecule has 9 heteroatoms. The van der Waals surface area contributed by atoms with Gasteiger partial charge in [-0.1, -0.05) is 29.8 Å². The Labute approximate surface area is 196 Å². The Morgan fingerprint density at radius 3 is 2.65 bits per heavy atom. The fraction of sp³-hybridized carbons (Fsp3) is 0.409. The normalized spacial score (nSPS) is 12.6. The van der Waals surface area contributed by atoms with Crippen LogP contribution in [0.1, 0.15) is 51.7 Å². The largest absolute Gasteiger partial charge is 0.462 e. The molecule has 0 radical (unpaired) electrons. The van der Waals surface area contributed by atoms with Crippen molar-refractivity contribution in [3.63, 3.8) is 0 Å². The van der Waals surface area contributed by atoms with Crippen LogP contribution in [0, 0.1) is 6.92 Å². The van der Waals surface area contributed by atoms with Crippen LogP contribution in [-0.2, 0) is 28.1 Å². The number of amides is 1. The van der Waals surface area contributed by atoms with E-state index in [1.807, 2.05) is 6.92 Å². The maximum absolute atomic E-state index is 12.5. The lowest BCUT2D eigenvalue weighted by Crippen LogP contribution is -2.44. The second-order valence-corrected chi connectivity index (χ2v) is 9.74. The minimum Gasteiger partial charge on any atom is -0.462 e. The number of carbonyl (C=O) groups excluding carboxylic acids is 2. The number of thiocarbonyl (C=S) groups is 1. The van der Waals surface area contributed by atoms with Gasteiger partial charge in [-0.05, 0) is 62.9 Å². The lowest BCUT2D eigenvalue weighted by atomic mass is 9.95. The summed E-state index contributed by atoms with van der Waals surface area (Å²) in [6.07, 6.45) is 4.02. The number of thioether (sulfide) groups is 1. The molecule has 3 rings (SSSR count). The summed E-state index contributed by atoms with van der Waals surface area (Å²) in [5.41, 5.74) is 9.38. The van der Waals surface area contributed by atoms with E-state index in [9.17, 15) is 9.59 Å². The van der Waals surface area contributed by atoms with Gasteiger partial charge in [0, 0.05) is 10.6 Å². The number of rotatable bonds is 7. The topological polar surface area (TPSA) is 79.5 Å². The van der Waals surface area contributed by atoms with Gasteiger partial charge in [0.2, 0.25) is 5.91 Å². The molecule has 0 saturated carbocycles. The van der Waals surface area contributed by atoms with Crippen LogP contribution in [0.5, 0.6) is 0 Å². The maximum atomic E-state index is 12.5. The molecule has 0 fully saturated rings. The number of ether oxygens (including phenoxy) is 1. The van der Waals surface area contributed by atoms with Crippen molar-refractivity contribution in [3.8, 4) is 0 Å². The number of hydrazine groups is 1. The van der Waals surface area contributed by atoms with Crippen molar-refractivity contribution in [1.29, 1.82) is 0 Å². The SMILES string of the molecule is CCOC(=O)c1c(NC(=S)NNC(=O)CSCc2ccc(C)cc2)sc2c1CCCC2. The zero-order chi connectivity index (χ0) is 22.2. The number of aryl methyl sites for hydroxylation is 2. The highest BCUT2D eigenvalue weighted by Crippen LogP contribution is 2.38. The van der Waals surface area contributed by atoms with Crippen molar-refractivity contribution in [2.24, 2.45) is 0 Å². The maximum Gasteiger partial charge on any atom is 0.341 e. The molecule has 6 nitrogen and oxygen atoms in total. The van der Waals surface area contributed by atoms with Crippen LogP contribution in [0.2, 0.25) is 0 Å². The standard InChI is InChI=1S/C22H27N3O3S3/c1-3-28-21(27)19-16-6-4-5-7-17(16)31-20(19)23-22(29)25-24-18(26)13-30-12-15-10-8-14(2)9-11-15/h8-11H,3-7,12-13H2,1-2H3,(H,24,26)(H2,23,25,29). The predicted octanol–water partition coefficient (Wildman–Crippen LogP) is 4.36. The first-order chi connectivity index (χ1) is 15.0. The zero-order valence-electron chi connectivity index (χ0n) is 17.7. The number of hydrogen-bond donors (Lipinski definition) is 3. The number of nitrogens with one attached hydrogen (secondary N) is 3. The average molecular weight is 478 g/mol. The van der Waals surface area contributed by atoms with Crippen molar-refractivity contribution in [3.05, 3.63) is 51.4 Å². The molecule has 1 aliphatic carbocycles. The Morgan fingerprint density at radius 2 is 1.90 bits per heavy atom. The molecule has 1 aromatic carbocycles. The molecular formula is C22H27N3O3S3. The van der Waals surface area contributed by atoms with E-state index in [1.54, 1.807) is 6.92 Å². The van der Waals surface area contributed by atoms with Gasteiger partial charge in [-0.15, -0.1) is 23.1 Å². The second kappa shape index (κ2) is 11.5. The third kappa shape index (κ3) is 6.69. The van der Waals surface area contributed by atoms with Crippen molar-refractivity contribution >= 4 is 57.3 Å². The summed E-state index contributed by atoms with van der Waals surface area (Å²) < 4.78 is 5.25. The van der Waals surface area contributed by atoms with Gasteiger partial charge in [-0.25, -0.2) is 4.79 Å². The summed E-state index contributed by atoms with van der Waals surface area (Å²) in [6.45, 7) is 4.17. The van der Waals surface area contributed by atoms with E-state index in [0.717, 1.165) is 37.0 Å². The Hall–Kier alpha value is -2.10. The van der Waals surface area contributed by atoms with E-state index in [1.165, 1.54) is 39.1 Å². The first kappa shape index (κ1) is 23.6. The van der Waals surface area contributed by atoms with Crippen molar-refractivity contribution in [1.82, 2.24) is 10.9 Å². The highest BCUT2D eigenvalue weighted by molar-refractivity contribution is 7.99. The fourth-order valence-corrected chi connectivity index (χ4v) is 5.60. The third-order valence-electron chi connectivity index (χ3n) is 4.82. The summed E-state index contributed by atoms with van der Waals surface area (Å²) >= 11 is 8.38. The number of fused-ring (bicyclic) bond motifs is 1. The van der Waals surface area contributed by atoms with Crippen LogP contribution >= 0.6 is 35.3 Å². The van der Waals surface area contributed by atoms with Gasteiger partial charge >= 0.3 is 5.97 Å². The monoisotopic (exact) mass is 477 g/mol. The molecule has 31 heavy (non-hydrogen) atoms. The highest BCUT2D eigenvalue weighted by atomic mass is 32.2. The summed E-state index contributed by atoms with van der Waals surface area (Å²) in [7, 11) is 0. The first-order valence-electron chi connectivity index (χ1n) is 10.3.